The lowest BCUT2D eigenvalue weighted by atomic mass is 10.3. The molecule has 0 radical (unpaired) electrons. The van der Waals surface area contributed by atoms with Gasteiger partial charge in [0.15, 0.2) is 0 Å². The molecule has 0 spiro atoms. The molecule has 0 aliphatic rings. The zero-order valence-corrected chi connectivity index (χ0v) is 6.39. The second kappa shape index (κ2) is 4.79. The molecule has 0 aliphatic heterocycles. The van der Waals surface area contributed by atoms with Gasteiger partial charge in [-0.2, -0.15) is 0 Å². The average molecular weight is 140 g/mol. The smallest absolute Gasteiger partial charge is 0.337 e. The molecule has 0 saturated heterocycles. The van der Waals surface area contributed by atoms with Gasteiger partial charge in [-0.05, 0) is 13.8 Å². The summed E-state index contributed by atoms with van der Waals surface area (Å²) >= 11 is 0. The van der Waals surface area contributed by atoms with E-state index < -0.39 is 0 Å². The molecule has 0 atom stereocenters. The van der Waals surface area contributed by atoms with E-state index in [0.717, 1.165) is 0 Å². The van der Waals surface area contributed by atoms with E-state index in [9.17, 15) is 4.79 Å². The van der Waals surface area contributed by atoms with Crippen molar-refractivity contribution in [3.8, 4) is 0 Å². The van der Waals surface area contributed by atoms with Crippen LogP contribution in [0, 0.1) is 0 Å². The number of rotatable bonds is 3. The molecule has 0 saturated carbocycles. The third-order valence-electron chi connectivity index (χ3n) is 0.905. The van der Waals surface area contributed by atoms with Gasteiger partial charge < -0.3 is 4.74 Å². The Hall–Kier alpha value is -1.05. The predicted molar refractivity (Wildman–Crippen MR) is 40.6 cm³/mol. The number of esters is 1. The minimum Gasteiger partial charge on any atom is -0.462 e. The monoisotopic (exact) mass is 140 g/mol. The topological polar surface area (TPSA) is 26.3 Å². The van der Waals surface area contributed by atoms with Crippen LogP contribution in [0.1, 0.15) is 13.8 Å². The first-order valence-corrected chi connectivity index (χ1v) is 3.21. The van der Waals surface area contributed by atoms with Crippen LogP contribution < -0.4 is 0 Å². The second-order valence-electron chi connectivity index (χ2n) is 1.75. The van der Waals surface area contributed by atoms with E-state index in [-0.39, 0.29) is 5.97 Å². The van der Waals surface area contributed by atoms with Crippen LogP contribution in [0.4, 0.5) is 0 Å². The highest BCUT2D eigenvalue weighted by molar-refractivity contribution is 5.90. The van der Waals surface area contributed by atoms with Crippen molar-refractivity contribution in [3.63, 3.8) is 0 Å². The van der Waals surface area contributed by atoms with Crippen molar-refractivity contribution >= 4 is 5.97 Å². The predicted octanol–water partition coefficient (Wildman–Crippen LogP) is 1.68. The Kier molecular flexibility index (Phi) is 4.29. The first kappa shape index (κ1) is 8.95. The summed E-state index contributed by atoms with van der Waals surface area (Å²) in [6.07, 6.45) is 3.37. The van der Waals surface area contributed by atoms with Crippen LogP contribution >= 0.6 is 0 Å². The third-order valence-corrected chi connectivity index (χ3v) is 0.905. The normalized spacial score (nSPS) is 9.80. The molecule has 0 N–H and O–H groups in total. The standard InChI is InChI=1S/C8H12O2/c1-4-6-7(3)8(9)10-5-2/h4,6H,3,5H2,1-2H3. The fourth-order valence-electron chi connectivity index (χ4n) is 0.493. The Bertz CT molecular complexity index is 157. The molecule has 0 heterocycles. The van der Waals surface area contributed by atoms with Gasteiger partial charge in [-0.25, -0.2) is 4.79 Å². The molecule has 0 amide bonds. The van der Waals surface area contributed by atoms with Crippen LogP contribution in [0.15, 0.2) is 24.3 Å². The van der Waals surface area contributed by atoms with Gasteiger partial charge in [-0.3, -0.25) is 0 Å². The number of ether oxygens (including phenoxy) is 1. The van der Waals surface area contributed by atoms with Gasteiger partial charge in [0, 0.05) is 0 Å². The quantitative estimate of drug-likeness (QED) is 0.338. The van der Waals surface area contributed by atoms with Crippen molar-refractivity contribution in [2.45, 2.75) is 13.8 Å². The summed E-state index contributed by atoms with van der Waals surface area (Å²) in [7, 11) is 0. The number of hydrogen-bond acceptors (Lipinski definition) is 2. The van der Waals surface area contributed by atoms with Crippen molar-refractivity contribution in [3.05, 3.63) is 24.3 Å². The fourth-order valence-corrected chi connectivity index (χ4v) is 0.493. The van der Waals surface area contributed by atoms with E-state index in [2.05, 4.69) is 11.3 Å². The van der Waals surface area contributed by atoms with Gasteiger partial charge >= 0.3 is 5.97 Å². The highest BCUT2D eigenvalue weighted by atomic mass is 16.5. The highest BCUT2D eigenvalue weighted by Gasteiger charge is 2.01. The maximum Gasteiger partial charge on any atom is 0.337 e. The Morgan fingerprint density at radius 3 is 2.70 bits per heavy atom. The van der Waals surface area contributed by atoms with Crippen molar-refractivity contribution in [2.24, 2.45) is 0 Å². The van der Waals surface area contributed by atoms with E-state index in [4.69, 9.17) is 0 Å². The summed E-state index contributed by atoms with van der Waals surface area (Å²) in [5.74, 6) is -0.347. The van der Waals surface area contributed by atoms with Crippen LogP contribution in [-0.2, 0) is 9.53 Å². The van der Waals surface area contributed by atoms with Gasteiger partial charge in [-0.1, -0.05) is 18.7 Å². The summed E-state index contributed by atoms with van der Waals surface area (Å²) in [6.45, 7) is 7.49. The highest BCUT2D eigenvalue weighted by Crippen LogP contribution is 1.95. The summed E-state index contributed by atoms with van der Waals surface area (Å²) in [5, 5.41) is 0. The summed E-state index contributed by atoms with van der Waals surface area (Å²) in [6, 6.07) is 0. The van der Waals surface area contributed by atoms with E-state index in [1.807, 2.05) is 6.92 Å². The first-order chi connectivity index (χ1) is 4.72. The molecule has 0 aromatic carbocycles. The number of carbonyl (C=O) groups excluding carboxylic acids is 1. The SMILES string of the molecule is C=C(C=CC)C(=O)OCC. The van der Waals surface area contributed by atoms with Crippen molar-refractivity contribution in [1.29, 1.82) is 0 Å². The molecule has 2 heteroatoms. The molecular weight excluding hydrogens is 128 g/mol. The molecular formula is C8H12O2. The summed E-state index contributed by atoms with van der Waals surface area (Å²) in [4.78, 5) is 10.8. The van der Waals surface area contributed by atoms with Crippen LogP contribution in [0.25, 0.3) is 0 Å². The van der Waals surface area contributed by atoms with Crippen LogP contribution in [0.3, 0.4) is 0 Å². The van der Waals surface area contributed by atoms with Crippen molar-refractivity contribution < 1.29 is 9.53 Å². The Morgan fingerprint density at radius 2 is 2.30 bits per heavy atom. The lowest BCUT2D eigenvalue weighted by Crippen LogP contribution is -2.04. The fraction of sp³-hybridized carbons (Fsp3) is 0.375. The Morgan fingerprint density at radius 1 is 1.70 bits per heavy atom. The Labute approximate surface area is 61.2 Å². The van der Waals surface area contributed by atoms with E-state index in [0.29, 0.717) is 12.2 Å². The van der Waals surface area contributed by atoms with Crippen molar-refractivity contribution in [1.82, 2.24) is 0 Å². The minimum atomic E-state index is -0.347. The number of allylic oxidation sites excluding steroid dienone is 1. The lowest BCUT2D eigenvalue weighted by Gasteiger charge is -1.98. The van der Waals surface area contributed by atoms with Crippen LogP contribution in [-0.4, -0.2) is 12.6 Å². The molecule has 0 bridgehead atoms. The van der Waals surface area contributed by atoms with Gasteiger partial charge in [-0.15, -0.1) is 0 Å². The second-order valence-corrected chi connectivity index (χ2v) is 1.75. The zero-order valence-electron chi connectivity index (χ0n) is 6.39. The van der Waals surface area contributed by atoms with Gasteiger partial charge in [0.1, 0.15) is 0 Å². The molecule has 56 valence electrons. The maximum atomic E-state index is 10.8. The molecule has 2 nitrogen and oxygen atoms in total. The largest absolute Gasteiger partial charge is 0.462 e. The molecule has 10 heavy (non-hydrogen) atoms. The van der Waals surface area contributed by atoms with Gasteiger partial charge in [0.2, 0.25) is 0 Å². The molecule has 0 rings (SSSR count). The maximum absolute atomic E-state index is 10.8. The van der Waals surface area contributed by atoms with Gasteiger partial charge in [0.05, 0.1) is 12.2 Å². The minimum absolute atomic E-state index is 0.347. The molecule has 0 unspecified atom stereocenters. The van der Waals surface area contributed by atoms with Crippen LogP contribution in [0.2, 0.25) is 0 Å². The molecule has 0 fully saturated rings. The zero-order chi connectivity index (χ0) is 7.98. The van der Waals surface area contributed by atoms with Crippen LogP contribution in [0.5, 0.6) is 0 Å². The number of hydrogen-bond donors (Lipinski definition) is 0. The third kappa shape index (κ3) is 3.07. The van der Waals surface area contributed by atoms with Gasteiger partial charge in [0.25, 0.3) is 0 Å². The van der Waals surface area contributed by atoms with E-state index >= 15 is 0 Å². The summed E-state index contributed by atoms with van der Waals surface area (Å²) < 4.78 is 4.67. The van der Waals surface area contributed by atoms with E-state index in [1.54, 1.807) is 19.1 Å². The Balaban J connectivity index is 3.83. The average Bonchev–Trinajstić information content (AvgIpc) is 1.89. The summed E-state index contributed by atoms with van der Waals surface area (Å²) in [5.41, 5.74) is 0.393. The van der Waals surface area contributed by atoms with E-state index in [1.165, 1.54) is 0 Å². The molecule has 0 aromatic heterocycles. The molecule has 0 aromatic rings. The molecule has 0 aliphatic carbocycles. The number of carbonyl (C=O) groups is 1. The first-order valence-electron chi connectivity index (χ1n) is 3.21. The van der Waals surface area contributed by atoms with Crippen molar-refractivity contribution in [2.75, 3.05) is 6.61 Å². The lowest BCUT2D eigenvalue weighted by molar-refractivity contribution is -0.138.